The van der Waals surface area contributed by atoms with Gasteiger partial charge in [-0.25, -0.2) is 0 Å². The summed E-state index contributed by atoms with van der Waals surface area (Å²) >= 11 is 11.8. The molecule has 0 N–H and O–H groups in total. The zero-order valence-electron chi connectivity index (χ0n) is 12.1. The van der Waals surface area contributed by atoms with E-state index in [2.05, 4.69) is 13.8 Å². The predicted octanol–water partition coefficient (Wildman–Crippen LogP) is 5.41. The molecule has 0 spiro atoms. The summed E-state index contributed by atoms with van der Waals surface area (Å²) in [6.07, 6.45) is 4.63. The van der Waals surface area contributed by atoms with Crippen LogP contribution in [0.25, 0.3) is 0 Å². The lowest BCUT2D eigenvalue weighted by Gasteiger charge is -2.14. The highest BCUT2D eigenvalue weighted by Gasteiger charge is 2.12. The number of carbonyl (C=O) groups excluding carboxylic acids is 1. The van der Waals surface area contributed by atoms with Gasteiger partial charge in [0.1, 0.15) is 6.61 Å². The number of halogens is 2. The fourth-order valence-corrected chi connectivity index (χ4v) is 2.52. The lowest BCUT2D eigenvalue weighted by molar-refractivity contribution is 0.0658. The second kappa shape index (κ2) is 9.38. The Morgan fingerprint density at radius 3 is 2.65 bits per heavy atom. The molecule has 0 bridgehead atoms. The molecule has 0 saturated heterocycles. The van der Waals surface area contributed by atoms with Crippen LogP contribution in [0.1, 0.15) is 49.9 Å². The molecule has 0 heterocycles. The average Bonchev–Trinajstić information content (AvgIpc) is 2.42. The average molecular weight is 317 g/mol. The van der Waals surface area contributed by atoms with Crippen molar-refractivity contribution in [2.24, 2.45) is 5.92 Å². The second-order valence-corrected chi connectivity index (χ2v) is 5.82. The molecule has 0 radical (unpaired) electrons. The molecule has 0 aromatic heterocycles. The normalized spacial score (nSPS) is 12.4. The summed E-state index contributed by atoms with van der Waals surface area (Å²) in [5.41, 5.74) is 0.470. The predicted molar refractivity (Wildman–Crippen MR) is 84.9 cm³/mol. The summed E-state index contributed by atoms with van der Waals surface area (Å²) in [5, 5.41) is 0.905. The summed E-state index contributed by atoms with van der Waals surface area (Å²) in [6.45, 7) is 5.04. The van der Waals surface area contributed by atoms with Crippen molar-refractivity contribution >= 4 is 29.0 Å². The van der Waals surface area contributed by atoms with Gasteiger partial charge in [0, 0.05) is 17.2 Å². The van der Waals surface area contributed by atoms with Crippen LogP contribution < -0.4 is 0 Å². The minimum absolute atomic E-state index is 0.0734. The van der Waals surface area contributed by atoms with Crippen LogP contribution in [0.5, 0.6) is 0 Å². The molecule has 0 aliphatic rings. The molecule has 1 rings (SSSR count). The lowest BCUT2D eigenvalue weighted by Crippen LogP contribution is -2.15. The third-order valence-corrected chi connectivity index (χ3v) is 3.91. The highest BCUT2D eigenvalue weighted by molar-refractivity contribution is 6.36. The summed E-state index contributed by atoms with van der Waals surface area (Å²) in [4.78, 5) is 12.0. The summed E-state index contributed by atoms with van der Waals surface area (Å²) in [7, 11) is 0. The molecule has 0 aliphatic carbocycles. The van der Waals surface area contributed by atoms with Crippen molar-refractivity contribution in [3.8, 4) is 0 Å². The zero-order valence-corrected chi connectivity index (χ0v) is 13.6. The second-order valence-electron chi connectivity index (χ2n) is 4.98. The maximum absolute atomic E-state index is 12.0. The molecular weight excluding hydrogens is 295 g/mol. The Kier molecular flexibility index (Phi) is 8.20. The fraction of sp³-hybridized carbons (Fsp3) is 0.562. The molecule has 2 nitrogen and oxygen atoms in total. The summed E-state index contributed by atoms with van der Waals surface area (Å²) < 4.78 is 5.54. The quantitative estimate of drug-likeness (QED) is 0.569. The number of unbranched alkanes of at least 4 members (excludes halogenated alkanes) is 1. The number of rotatable bonds is 9. The molecule has 1 aromatic rings. The standard InChI is InChI=1S/C16H22Cl2O2/c1-3-5-6-12(4-2)10-20-11-16(19)14-8-7-13(17)9-15(14)18/h7-9,12H,3-6,10-11H2,1-2H3. The van der Waals surface area contributed by atoms with E-state index >= 15 is 0 Å². The van der Waals surface area contributed by atoms with E-state index in [0.717, 1.165) is 12.8 Å². The van der Waals surface area contributed by atoms with Crippen LogP contribution in [0.3, 0.4) is 0 Å². The Hall–Kier alpha value is -0.570. The van der Waals surface area contributed by atoms with E-state index in [-0.39, 0.29) is 12.4 Å². The van der Waals surface area contributed by atoms with Crippen molar-refractivity contribution in [3.63, 3.8) is 0 Å². The molecule has 0 fully saturated rings. The minimum Gasteiger partial charge on any atom is -0.373 e. The molecule has 0 amide bonds. The van der Waals surface area contributed by atoms with Crippen LogP contribution in [0.2, 0.25) is 10.0 Å². The third-order valence-electron chi connectivity index (χ3n) is 3.36. The van der Waals surface area contributed by atoms with E-state index in [4.69, 9.17) is 27.9 Å². The number of carbonyl (C=O) groups is 1. The van der Waals surface area contributed by atoms with E-state index in [0.29, 0.717) is 28.1 Å². The van der Waals surface area contributed by atoms with Crippen LogP contribution >= 0.6 is 23.2 Å². The van der Waals surface area contributed by atoms with Gasteiger partial charge in [-0.15, -0.1) is 0 Å². The fourth-order valence-electron chi connectivity index (χ4n) is 2.01. The first-order valence-corrected chi connectivity index (χ1v) is 7.90. The van der Waals surface area contributed by atoms with Crippen LogP contribution in [0.4, 0.5) is 0 Å². The Morgan fingerprint density at radius 2 is 2.05 bits per heavy atom. The van der Waals surface area contributed by atoms with Crippen molar-refractivity contribution in [3.05, 3.63) is 33.8 Å². The van der Waals surface area contributed by atoms with Gasteiger partial charge in [-0.3, -0.25) is 4.79 Å². The van der Waals surface area contributed by atoms with Crippen LogP contribution in [-0.4, -0.2) is 19.0 Å². The SMILES string of the molecule is CCCCC(CC)COCC(=O)c1ccc(Cl)cc1Cl. The van der Waals surface area contributed by atoms with Gasteiger partial charge in [0.2, 0.25) is 0 Å². The van der Waals surface area contributed by atoms with Crippen molar-refractivity contribution in [2.75, 3.05) is 13.2 Å². The number of hydrogen-bond donors (Lipinski definition) is 0. The van der Waals surface area contributed by atoms with Crippen LogP contribution in [-0.2, 0) is 4.74 Å². The monoisotopic (exact) mass is 316 g/mol. The van der Waals surface area contributed by atoms with Gasteiger partial charge in [-0.05, 0) is 30.5 Å². The largest absolute Gasteiger partial charge is 0.373 e. The van der Waals surface area contributed by atoms with Crippen LogP contribution in [0.15, 0.2) is 18.2 Å². The number of Topliss-reactive ketones (excluding diaryl/α,β-unsaturated/α-hetero) is 1. The molecule has 1 atom stereocenters. The molecule has 0 saturated carbocycles. The summed E-state index contributed by atoms with van der Waals surface area (Å²) in [5.74, 6) is 0.431. The number of ether oxygens (including phenoxy) is 1. The molecule has 0 aliphatic heterocycles. The first-order chi connectivity index (χ1) is 9.58. The van der Waals surface area contributed by atoms with Crippen molar-refractivity contribution in [1.29, 1.82) is 0 Å². The van der Waals surface area contributed by atoms with Crippen molar-refractivity contribution < 1.29 is 9.53 Å². The number of benzene rings is 1. The van der Waals surface area contributed by atoms with E-state index < -0.39 is 0 Å². The van der Waals surface area contributed by atoms with E-state index in [1.54, 1.807) is 18.2 Å². The van der Waals surface area contributed by atoms with Gasteiger partial charge >= 0.3 is 0 Å². The maximum Gasteiger partial charge on any atom is 0.189 e. The van der Waals surface area contributed by atoms with E-state index in [1.807, 2.05) is 0 Å². The Labute approximate surface area is 131 Å². The molecule has 1 aromatic carbocycles. The smallest absolute Gasteiger partial charge is 0.189 e. The number of ketones is 1. The molecule has 4 heteroatoms. The van der Waals surface area contributed by atoms with Crippen molar-refractivity contribution in [2.45, 2.75) is 39.5 Å². The summed E-state index contributed by atoms with van der Waals surface area (Å²) in [6, 6.07) is 4.88. The van der Waals surface area contributed by atoms with Crippen molar-refractivity contribution in [1.82, 2.24) is 0 Å². The van der Waals surface area contributed by atoms with Gasteiger partial charge in [0.15, 0.2) is 5.78 Å². The first-order valence-electron chi connectivity index (χ1n) is 7.14. The highest BCUT2D eigenvalue weighted by atomic mass is 35.5. The van der Waals surface area contributed by atoms with E-state index in [1.165, 1.54) is 12.8 Å². The van der Waals surface area contributed by atoms with Crippen LogP contribution in [0, 0.1) is 5.92 Å². The minimum atomic E-state index is -0.1000. The van der Waals surface area contributed by atoms with Gasteiger partial charge in [-0.2, -0.15) is 0 Å². The Balaban J connectivity index is 2.42. The van der Waals surface area contributed by atoms with Gasteiger partial charge in [0.25, 0.3) is 0 Å². The van der Waals surface area contributed by atoms with E-state index in [9.17, 15) is 4.79 Å². The lowest BCUT2D eigenvalue weighted by atomic mass is 10.0. The van der Waals surface area contributed by atoms with Gasteiger partial charge < -0.3 is 4.74 Å². The maximum atomic E-state index is 12.0. The zero-order chi connectivity index (χ0) is 15.0. The molecular formula is C16H22Cl2O2. The van der Waals surface area contributed by atoms with Gasteiger partial charge in [0.05, 0.1) is 5.02 Å². The Bertz CT molecular complexity index is 432. The highest BCUT2D eigenvalue weighted by Crippen LogP contribution is 2.21. The topological polar surface area (TPSA) is 26.3 Å². The molecule has 20 heavy (non-hydrogen) atoms. The third kappa shape index (κ3) is 5.82. The number of hydrogen-bond acceptors (Lipinski definition) is 2. The Morgan fingerprint density at radius 1 is 1.30 bits per heavy atom. The van der Waals surface area contributed by atoms with Gasteiger partial charge in [-0.1, -0.05) is 56.3 Å². The first kappa shape index (κ1) is 17.5. The molecule has 112 valence electrons. The molecule has 1 unspecified atom stereocenters.